The highest BCUT2D eigenvalue weighted by atomic mass is 32.2. The Labute approximate surface area is 159 Å². The molecule has 0 aliphatic rings. The molecule has 3 aromatic rings. The van der Waals surface area contributed by atoms with E-state index >= 15 is 0 Å². The number of amides is 1. The molecular weight excluding hydrogens is 368 g/mol. The molecule has 1 unspecified atom stereocenters. The number of pyridine rings is 2. The van der Waals surface area contributed by atoms with Gasteiger partial charge in [0.2, 0.25) is 5.88 Å². The standard InChI is InChI=1S/C17H20N6O3S/c1-4-23-14-7-15(26-3)20-9-13(14)21-17(23)10(2)22-27(25)11-5-6-12(16(18)24)19-8-11/h5-10,22H,4H2,1-3H3,(H2,18,24)/t10-,27?/m1/s1. The Morgan fingerprint density at radius 3 is 2.78 bits per heavy atom. The fourth-order valence-electron chi connectivity index (χ4n) is 2.72. The van der Waals surface area contributed by atoms with Crippen LogP contribution in [0, 0.1) is 0 Å². The predicted octanol–water partition coefficient (Wildman–Crippen LogP) is 1.33. The van der Waals surface area contributed by atoms with Crippen LogP contribution in [0.15, 0.2) is 35.5 Å². The van der Waals surface area contributed by atoms with Gasteiger partial charge < -0.3 is 19.6 Å². The minimum absolute atomic E-state index is 0.123. The maximum absolute atomic E-state index is 12.6. The highest BCUT2D eigenvalue weighted by Crippen LogP contribution is 2.24. The largest absolute Gasteiger partial charge is 0.593 e. The van der Waals surface area contributed by atoms with Crippen LogP contribution in [0.1, 0.15) is 36.2 Å². The van der Waals surface area contributed by atoms with Crippen molar-refractivity contribution in [2.75, 3.05) is 7.11 Å². The molecule has 0 fully saturated rings. The minimum Gasteiger partial charge on any atom is -0.593 e. The van der Waals surface area contributed by atoms with Crippen LogP contribution < -0.4 is 15.2 Å². The van der Waals surface area contributed by atoms with Crippen molar-refractivity contribution in [3.8, 4) is 5.88 Å². The number of primary amides is 1. The summed E-state index contributed by atoms with van der Waals surface area (Å²) in [6.07, 6.45) is 3.02. The number of methoxy groups -OCH3 is 1. The molecule has 27 heavy (non-hydrogen) atoms. The highest BCUT2D eigenvalue weighted by Gasteiger charge is 2.23. The monoisotopic (exact) mass is 388 g/mol. The van der Waals surface area contributed by atoms with Crippen LogP contribution in [0.5, 0.6) is 5.88 Å². The van der Waals surface area contributed by atoms with E-state index in [0.29, 0.717) is 17.3 Å². The zero-order chi connectivity index (χ0) is 19.6. The second-order valence-electron chi connectivity index (χ2n) is 5.78. The number of aromatic nitrogens is 4. The van der Waals surface area contributed by atoms with Gasteiger partial charge in [-0.25, -0.2) is 15.0 Å². The fraction of sp³-hybridized carbons (Fsp3) is 0.294. The van der Waals surface area contributed by atoms with E-state index in [-0.39, 0.29) is 11.7 Å². The molecule has 0 aliphatic heterocycles. The van der Waals surface area contributed by atoms with Gasteiger partial charge in [0.05, 0.1) is 36.4 Å². The molecule has 0 aromatic carbocycles. The molecule has 0 saturated carbocycles. The first-order valence-electron chi connectivity index (χ1n) is 8.28. The van der Waals surface area contributed by atoms with Gasteiger partial charge in [-0.2, -0.15) is 0 Å². The van der Waals surface area contributed by atoms with Crippen LogP contribution >= 0.6 is 0 Å². The third kappa shape index (κ3) is 3.87. The number of aryl methyl sites for hydroxylation is 1. The molecule has 0 bridgehead atoms. The second kappa shape index (κ2) is 7.91. The van der Waals surface area contributed by atoms with Crippen molar-refractivity contribution in [1.82, 2.24) is 24.2 Å². The highest BCUT2D eigenvalue weighted by molar-refractivity contribution is 7.89. The van der Waals surface area contributed by atoms with Crippen molar-refractivity contribution >= 4 is 28.3 Å². The number of carbonyl (C=O) groups excluding carboxylic acids is 1. The Morgan fingerprint density at radius 1 is 1.41 bits per heavy atom. The van der Waals surface area contributed by atoms with Crippen molar-refractivity contribution in [3.63, 3.8) is 0 Å². The lowest BCUT2D eigenvalue weighted by molar-refractivity contribution is 0.0995. The van der Waals surface area contributed by atoms with Crippen molar-refractivity contribution in [2.45, 2.75) is 31.3 Å². The first-order chi connectivity index (χ1) is 12.9. The third-order valence-electron chi connectivity index (χ3n) is 4.04. The van der Waals surface area contributed by atoms with Crippen LogP contribution in [0.3, 0.4) is 0 Å². The van der Waals surface area contributed by atoms with E-state index in [9.17, 15) is 9.35 Å². The second-order valence-corrected chi connectivity index (χ2v) is 7.03. The van der Waals surface area contributed by atoms with Crippen LogP contribution in [0.4, 0.5) is 0 Å². The smallest absolute Gasteiger partial charge is 0.267 e. The number of ether oxygens (including phenoxy) is 1. The van der Waals surface area contributed by atoms with Gasteiger partial charge in [-0.05, 0) is 26.0 Å². The molecule has 9 nitrogen and oxygen atoms in total. The van der Waals surface area contributed by atoms with Gasteiger partial charge in [-0.1, -0.05) is 0 Å². The molecule has 0 saturated heterocycles. The van der Waals surface area contributed by atoms with Gasteiger partial charge in [0.1, 0.15) is 23.1 Å². The number of rotatable bonds is 7. The van der Waals surface area contributed by atoms with Gasteiger partial charge in [-0.3, -0.25) is 4.79 Å². The molecule has 0 aliphatic carbocycles. The summed E-state index contributed by atoms with van der Waals surface area (Å²) in [5.74, 6) is 0.612. The molecular formula is C17H20N6O3S. The first-order valence-corrected chi connectivity index (χ1v) is 9.43. The van der Waals surface area contributed by atoms with Crippen molar-refractivity contribution < 1.29 is 14.1 Å². The fourth-order valence-corrected chi connectivity index (χ4v) is 3.62. The van der Waals surface area contributed by atoms with E-state index in [1.807, 2.05) is 24.5 Å². The molecule has 0 spiro atoms. The number of hydrogen-bond acceptors (Lipinski definition) is 7. The number of carbonyl (C=O) groups is 1. The normalized spacial score (nSPS) is 13.5. The predicted molar refractivity (Wildman–Crippen MR) is 100 cm³/mol. The van der Waals surface area contributed by atoms with E-state index < -0.39 is 17.3 Å². The molecule has 142 valence electrons. The summed E-state index contributed by atoms with van der Waals surface area (Å²) in [6.45, 7) is 4.57. The zero-order valence-electron chi connectivity index (χ0n) is 15.2. The number of imidazole rings is 1. The number of fused-ring (bicyclic) bond motifs is 1. The summed E-state index contributed by atoms with van der Waals surface area (Å²) in [4.78, 5) is 24.2. The molecule has 1 amide bonds. The molecule has 3 aromatic heterocycles. The van der Waals surface area contributed by atoms with Crippen molar-refractivity contribution in [2.24, 2.45) is 5.73 Å². The Morgan fingerprint density at radius 2 is 2.19 bits per heavy atom. The van der Waals surface area contributed by atoms with Crippen molar-refractivity contribution in [1.29, 1.82) is 0 Å². The van der Waals surface area contributed by atoms with Gasteiger partial charge in [0, 0.05) is 12.6 Å². The average molecular weight is 388 g/mol. The SMILES string of the molecule is CCn1c([C@@H](C)N[S+]([O-])c2ccc(C(N)=O)nc2)nc2cnc(OC)cc21. The summed E-state index contributed by atoms with van der Waals surface area (Å²) >= 11 is -1.53. The van der Waals surface area contributed by atoms with Gasteiger partial charge in [0.15, 0.2) is 4.90 Å². The maximum Gasteiger partial charge on any atom is 0.267 e. The first kappa shape index (κ1) is 19.1. The Hall–Kier alpha value is -2.69. The lowest BCUT2D eigenvalue weighted by atomic mass is 10.3. The molecule has 0 radical (unpaired) electrons. The van der Waals surface area contributed by atoms with E-state index in [1.165, 1.54) is 12.3 Å². The molecule has 3 N–H and O–H groups in total. The van der Waals surface area contributed by atoms with Crippen LogP contribution in [0.2, 0.25) is 0 Å². The Bertz CT molecular complexity index is 959. The van der Waals surface area contributed by atoms with Crippen LogP contribution in [0.25, 0.3) is 11.0 Å². The number of nitrogens with one attached hydrogen (secondary N) is 1. The summed E-state index contributed by atoms with van der Waals surface area (Å²) < 4.78 is 22.8. The maximum atomic E-state index is 12.6. The summed E-state index contributed by atoms with van der Waals surface area (Å²) in [7, 11) is 1.56. The zero-order valence-corrected chi connectivity index (χ0v) is 16.0. The quantitative estimate of drug-likeness (QED) is 0.584. The van der Waals surface area contributed by atoms with Crippen LogP contribution in [-0.2, 0) is 17.9 Å². The summed E-state index contributed by atoms with van der Waals surface area (Å²) in [5, 5.41) is 0. The molecule has 2 atom stereocenters. The molecule has 3 rings (SSSR count). The number of nitrogens with two attached hydrogens (primary N) is 1. The molecule has 10 heteroatoms. The lowest BCUT2D eigenvalue weighted by Gasteiger charge is -2.17. The van der Waals surface area contributed by atoms with Crippen LogP contribution in [-0.4, -0.2) is 37.1 Å². The van der Waals surface area contributed by atoms with Gasteiger partial charge in [0.25, 0.3) is 5.91 Å². The van der Waals surface area contributed by atoms with Gasteiger partial charge >= 0.3 is 0 Å². The third-order valence-corrected chi connectivity index (χ3v) is 5.28. The van der Waals surface area contributed by atoms with Gasteiger partial charge in [-0.15, -0.1) is 4.72 Å². The Kier molecular flexibility index (Phi) is 5.59. The topological polar surface area (TPSA) is 131 Å². The summed E-state index contributed by atoms with van der Waals surface area (Å²) in [6, 6.07) is 4.52. The minimum atomic E-state index is -1.53. The Balaban J connectivity index is 1.84. The summed E-state index contributed by atoms with van der Waals surface area (Å²) in [5.41, 5.74) is 6.92. The van der Waals surface area contributed by atoms with Crippen molar-refractivity contribution in [3.05, 3.63) is 42.1 Å². The van der Waals surface area contributed by atoms with E-state index in [1.54, 1.807) is 19.4 Å². The van der Waals surface area contributed by atoms with E-state index in [0.717, 1.165) is 16.9 Å². The number of hydrogen-bond donors (Lipinski definition) is 2. The lowest BCUT2D eigenvalue weighted by Crippen LogP contribution is -2.29. The number of nitrogens with zero attached hydrogens (tertiary/aromatic N) is 4. The average Bonchev–Trinajstić information content (AvgIpc) is 3.05. The van der Waals surface area contributed by atoms with E-state index in [4.69, 9.17) is 10.5 Å². The van der Waals surface area contributed by atoms with E-state index in [2.05, 4.69) is 19.7 Å². The molecule has 3 heterocycles.